The summed E-state index contributed by atoms with van der Waals surface area (Å²) in [5, 5.41) is 0. The molecule has 1 heterocycles. The molecule has 0 saturated heterocycles. The van der Waals surface area contributed by atoms with Crippen LogP contribution in [0.1, 0.15) is 16.0 Å². The number of hydrogen-bond donors (Lipinski definition) is 0. The number of benzene rings is 1. The lowest BCUT2D eigenvalue weighted by molar-refractivity contribution is 0.469. The van der Waals surface area contributed by atoms with E-state index in [0.717, 1.165) is 10.4 Å². The molecule has 0 fully saturated rings. The van der Waals surface area contributed by atoms with Crippen molar-refractivity contribution in [1.29, 1.82) is 0 Å². The molecule has 0 unspecified atom stereocenters. The van der Waals surface area contributed by atoms with Gasteiger partial charge in [0.25, 0.3) is 0 Å². The summed E-state index contributed by atoms with van der Waals surface area (Å²) in [6.07, 6.45) is 0. The van der Waals surface area contributed by atoms with Crippen molar-refractivity contribution in [2.45, 2.75) is 24.2 Å². The molecule has 1 aromatic carbocycles. The molecule has 1 aromatic heterocycles. The highest BCUT2D eigenvalue weighted by atomic mass is 35.5. The van der Waals surface area contributed by atoms with Crippen LogP contribution in [0.25, 0.3) is 0 Å². The van der Waals surface area contributed by atoms with Gasteiger partial charge in [0.1, 0.15) is 0 Å². The molecule has 0 atom stereocenters. The van der Waals surface area contributed by atoms with E-state index in [9.17, 15) is 8.42 Å². The van der Waals surface area contributed by atoms with Crippen LogP contribution in [0.15, 0.2) is 35.2 Å². The fraction of sp³-hybridized carbons (Fsp3) is 0.286. The fourth-order valence-corrected chi connectivity index (χ4v) is 4.72. The highest BCUT2D eigenvalue weighted by Gasteiger charge is 2.23. The minimum Gasteiger partial charge on any atom is -0.207 e. The lowest BCUT2D eigenvalue weighted by atomic mass is 10.2. The predicted molar refractivity (Wildman–Crippen MR) is 88.7 cm³/mol. The van der Waals surface area contributed by atoms with Crippen LogP contribution < -0.4 is 0 Å². The first kappa shape index (κ1) is 16.8. The maximum absolute atomic E-state index is 12.7. The minimum absolute atomic E-state index is 0.285. The third kappa shape index (κ3) is 3.79. The minimum atomic E-state index is -3.55. The molecule has 114 valence electrons. The summed E-state index contributed by atoms with van der Waals surface area (Å²) in [5.74, 6) is 0.285. The number of sulfonamides is 1. The molecule has 0 spiro atoms. The Labute approximate surface area is 139 Å². The summed E-state index contributed by atoms with van der Waals surface area (Å²) < 4.78 is 27.4. The lowest BCUT2D eigenvalue weighted by Gasteiger charge is -2.18. The Bertz CT molecular complexity index is 741. The Morgan fingerprint density at radius 2 is 1.95 bits per heavy atom. The predicted octanol–water partition coefficient (Wildman–Crippen LogP) is 4.27. The van der Waals surface area contributed by atoms with Crippen LogP contribution in [-0.2, 0) is 22.4 Å². The normalized spacial score (nSPS) is 12.0. The van der Waals surface area contributed by atoms with Crippen molar-refractivity contribution in [2.24, 2.45) is 0 Å². The van der Waals surface area contributed by atoms with E-state index in [2.05, 4.69) is 0 Å². The zero-order chi connectivity index (χ0) is 15.6. The van der Waals surface area contributed by atoms with E-state index in [1.165, 1.54) is 15.6 Å². The van der Waals surface area contributed by atoms with E-state index in [0.29, 0.717) is 21.3 Å². The number of halogens is 2. The van der Waals surface area contributed by atoms with Crippen LogP contribution in [-0.4, -0.2) is 19.8 Å². The largest absolute Gasteiger partial charge is 0.243 e. The topological polar surface area (TPSA) is 37.4 Å². The molecule has 2 rings (SSSR count). The molecule has 0 aliphatic rings. The maximum atomic E-state index is 12.7. The van der Waals surface area contributed by atoms with E-state index < -0.39 is 10.0 Å². The number of thiophene rings is 1. The van der Waals surface area contributed by atoms with Gasteiger partial charge in [-0.3, -0.25) is 0 Å². The molecule has 3 nitrogen and oxygen atoms in total. The second kappa shape index (κ2) is 6.67. The molecular weight excluding hydrogens is 349 g/mol. The van der Waals surface area contributed by atoms with Crippen molar-refractivity contribution in [1.82, 2.24) is 4.31 Å². The standard InChI is InChI=1S/C14H15Cl2NO2S2/c1-10-3-4-11(8-15)7-13(10)21(18,19)17(2)9-12-5-6-14(16)20-12/h3-7H,8-9H2,1-2H3. The first-order valence-electron chi connectivity index (χ1n) is 6.20. The SMILES string of the molecule is Cc1ccc(CCl)cc1S(=O)(=O)N(C)Cc1ccc(Cl)s1. The van der Waals surface area contributed by atoms with Crippen molar-refractivity contribution in [2.75, 3.05) is 7.05 Å². The van der Waals surface area contributed by atoms with Crippen LogP contribution in [0.5, 0.6) is 0 Å². The van der Waals surface area contributed by atoms with Gasteiger partial charge in [-0.25, -0.2) is 8.42 Å². The Morgan fingerprint density at radius 3 is 2.52 bits per heavy atom. The van der Waals surface area contributed by atoms with Crippen LogP contribution in [0.3, 0.4) is 0 Å². The summed E-state index contributed by atoms with van der Waals surface area (Å²) in [6, 6.07) is 8.85. The summed E-state index contributed by atoms with van der Waals surface area (Å²) in [6.45, 7) is 2.07. The molecule has 0 aliphatic carbocycles. The summed E-state index contributed by atoms with van der Waals surface area (Å²) in [7, 11) is -1.99. The van der Waals surface area contributed by atoms with Gasteiger partial charge in [-0.2, -0.15) is 4.31 Å². The Hall–Kier alpha value is -0.590. The third-order valence-electron chi connectivity index (χ3n) is 3.10. The van der Waals surface area contributed by atoms with Gasteiger partial charge in [-0.1, -0.05) is 23.7 Å². The first-order chi connectivity index (χ1) is 9.84. The summed E-state index contributed by atoms with van der Waals surface area (Å²) in [4.78, 5) is 1.20. The van der Waals surface area contributed by atoms with Crippen LogP contribution in [0, 0.1) is 6.92 Å². The molecule has 0 saturated carbocycles. The highest BCUT2D eigenvalue weighted by Crippen LogP contribution is 2.26. The molecule has 7 heteroatoms. The van der Waals surface area contributed by atoms with Gasteiger partial charge in [0.05, 0.1) is 9.23 Å². The van der Waals surface area contributed by atoms with Crippen LogP contribution in [0.2, 0.25) is 4.34 Å². The van der Waals surface area contributed by atoms with E-state index in [-0.39, 0.29) is 5.88 Å². The number of alkyl halides is 1. The van der Waals surface area contributed by atoms with Gasteiger partial charge in [0.15, 0.2) is 0 Å². The molecule has 0 amide bonds. The smallest absolute Gasteiger partial charge is 0.207 e. The van der Waals surface area contributed by atoms with Gasteiger partial charge in [0.2, 0.25) is 10.0 Å². The van der Waals surface area contributed by atoms with E-state index in [4.69, 9.17) is 23.2 Å². The second-order valence-electron chi connectivity index (χ2n) is 4.70. The Balaban J connectivity index is 2.32. The van der Waals surface area contributed by atoms with Gasteiger partial charge >= 0.3 is 0 Å². The Morgan fingerprint density at radius 1 is 1.24 bits per heavy atom. The Kier molecular flexibility index (Phi) is 5.33. The van der Waals surface area contributed by atoms with Gasteiger partial charge < -0.3 is 0 Å². The molecular formula is C14H15Cl2NO2S2. The quantitative estimate of drug-likeness (QED) is 0.743. The molecule has 21 heavy (non-hydrogen) atoms. The molecule has 0 bridgehead atoms. The zero-order valence-corrected chi connectivity index (χ0v) is 14.8. The highest BCUT2D eigenvalue weighted by molar-refractivity contribution is 7.89. The van der Waals surface area contributed by atoms with Crippen molar-refractivity contribution < 1.29 is 8.42 Å². The maximum Gasteiger partial charge on any atom is 0.243 e. The van der Waals surface area contributed by atoms with Crippen molar-refractivity contribution in [3.63, 3.8) is 0 Å². The fourth-order valence-electron chi connectivity index (χ4n) is 1.91. The number of hydrogen-bond acceptors (Lipinski definition) is 3. The summed E-state index contributed by atoms with van der Waals surface area (Å²) in [5.41, 5.74) is 1.49. The zero-order valence-electron chi connectivity index (χ0n) is 11.6. The molecule has 0 radical (unpaired) electrons. The van der Waals surface area contributed by atoms with E-state index in [1.807, 2.05) is 12.1 Å². The van der Waals surface area contributed by atoms with E-state index in [1.54, 1.807) is 32.2 Å². The van der Waals surface area contributed by atoms with Crippen molar-refractivity contribution in [3.05, 3.63) is 50.7 Å². The van der Waals surface area contributed by atoms with Crippen molar-refractivity contribution in [3.8, 4) is 0 Å². The van der Waals surface area contributed by atoms with Crippen molar-refractivity contribution >= 4 is 44.6 Å². The van der Waals surface area contributed by atoms with Gasteiger partial charge in [0, 0.05) is 24.3 Å². The lowest BCUT2D eigenvalue weighted by Crippen LogP contribution is -2.26. The van der Waals surface area contributed by atoms with Crippen LogP contribution in [0.4, 0.5) is 0 Å². The van der Waals surface area contributed by atoms with Gasteiger partial charge in [-0.15, -0.1) is 22.9 Å². The first-order valence-corrected chi connectivity index (χ1v) is 9.37. The summed E-state index contributed by atoms with van der Waals surface area (Å²) >= 11 is 13.0. The monoisotopic (exact) mass is 363 g/mol. The molecule has 0 N–H and O–H groups in total. The van der Waals surface area contributed by atoms with Gasteiger partial charge in [-0.05, 0) is 36.2 Å². The molecule has 0 aliphatic heterocycles. The number of rotatable bonds is 5. The average Bonchev–Trinajstić information content (AvgIpc) is 2.84. The molecule has 2 aromatic rings. The number of nitrogens with zero attached hydrogens (tertiary/aromatic N) is 1. The van der Waals surface area contributed by atoms with E-state index >= 15 is 0 Å². The second-order valence-corrected chi connectivity index (χ2v) is 8.78. The van der Waals surface area contributed by atoms with Crippen LogP contribution >= 0.6 is 34.5 Å². The average molecular weight is 364 g/mol. The third-order valence-corrected chi connectivity index (χ3v) is 6.57. The number of aryl methyl sites for hydroxylation is 1.